The average Bonchev–Trinajstić information content (AvgIpc) is 2.72. The molecule has 3 N–H and O–H groups in total. The van der Waals surface area contributed by atoms with Crippen LogP contribution >= 0.6 is 30.8 Å². The monoisotopic (exact) mass is 538 g/mol. The molecule has 1 aromatic carbocycles. The number of aromatic hydroxyl groups is 1. The number of carbonyl (C=O) groups excluding carboxylic acids is 1. The standard InChI is InChI=1S/C21H26Cl2FN2O7P/c1-11(2)12-6-7-14(13(27)8-12)33-17-15(22)16(24)19(26-18(17)23)25-9-34(29,30)32-10-31-20(28)21(3,4)5/h6-8,11,27H,9-10H2,1-5H3,(H,25,26)(H,29,30). The first-order valence-electron chi connectivity index (χ1n) is 10.0. The molecule has 0 radical (unpaired) electrons. The maximum atomic E-state index is 14.7. The highest BCUT2D eigenvalue weighted by atomic mass is 35.5. The number of pyridine rings is 1. The first-order chi connectivity index (χ1) is 15.6. The molecule has 1 atom stereocenters. The number of carbonyl (C=O) groups is 1. The molecule has 1 heterocycles. The average molecular weight is 539 g/mol. The van der Waals surface area contributed by atoms with Crippen molar-refractivity contribution in [3.8, 4) is 17.2 Å². The van der Waals surface area contributed by atoms with Gasteiger partial charge < -0.3 is 24.8 Å². The zero-order valence-electron chi connectivity index (χ0n) is 19.2. The lowest BCUT2D eigenvalue weighted by molar-refractivity contribution is -0.159. The van der Waals surface area contributed by atoms with Crippen LogP contribution in [-0.4, -0.2) is 34.0 Å². The van der Waals surface area contributed by atoms with Gasteiger partial charge in [0.05, 0.1) is 5.41 Å². The number of hydrogen-bond acceptors (Lipinski definition) is 8. The van der Waals surface area contributed by atoms with Gasteiger partial charge in [0.15, 0.2) is 34.0 Å². The molecule has 0 amide bonds. The van der Waals surface area contributed by atoms with Crippen LogP contribution in [0.15, 0.2) is 18.2 Å². The van der Waals surface area contributed by atoms with E-state index in [1.807, 2.05) is 13.8 Å². The van der Waals surface area contributed by atoms with Crippen LogP contribution in [0.3, 0.4) is 0 Å². The lowest BCUT2D eigenvalue weighted by Gasteiger charge is -2.18. The molecule has 9 nitrogen and oxygen atoms in total. The summed E-state index contributed by atoms with van der Waals surface area (Å²) in [5, 5.41) is 11.5. The molecule has 1 aromatic heterocycles. The van der Waals surface area contributed by atoms with Gasteiger partial charge in [-0.15, -0.1) is 0 Å². The summed E-state index contributed by atoms with van der Waals surface area (Å²) in [5.74, 6) is -2.69. The number of aromatic nitrogens is 1. The molecule has 34 heavy (non-hydrogen) atoms. The van der Waals surface area contributed by atoms with Gasteiger partial charge in [-0.05, 0) is 44.4 Å². The Hall–Kier alpha value is -2.10. The maximum Gasteiger partial charge on any atom is 0.349 e. The van der Waals surface area contributed by atoms with Gasteiger partial charge in [0, 0.05) is 0 Å². The van der Waals surface area contributed by atoms with Crippen LogP contribution in [0.25, 0.3) is 0 Å². The van der Waals surface area contributed by atoms with E-state index in [2.05, 4.69) is 10.3 Å². The first kappa shape index (κ1) is 28.1. The van der Waals surface area contributed by atoms with Gasteiger partial charge in [0.2, 0.25) is 6.79 Å². The Balaban J connectivity index is 2.10. The topological polar surface area (TPSA) is 127 Å². The van der Waals surface area contributed by atoms with Crippen molar-refractivity contribution in [3.63, 3.8) is 0 Å². The molecule has 0 bridgehead atoms. The van der Waals surface area contributed by atoms with E-state index in [1.54, 1.807) is 26.8 Å². The molecule has 188 valence electrons. The summed E-state index contributed by atoms with van der Waals surface area (Å²) in [5.41, 5.74) is 0.0355. The van der Waals surface area contributed by atoms with E-state index < -0.39 is 48.7 Å². The smallest absolute Gasteiger partial charge is 0.349 e. The van der Waals surface area contributed by atoms with Crippen LogP contribution in [0.1, 0.15) is 46.1 Å². The van der Waals surface area contributed by atoms with Crippen LogP contribution in [0.5, 0.6) is 17.2 Å². The molecule has 2 aromatic rings. The highest BCUT2D eigenvalue weighted by molar-refractivity contribution is 7.52. The van der Waals surface area contributed by atoms with Crippen molar-refractivity contribution < 1.29 is 37.7 Å². The number of nitrogens with one attached hydrogen (secondary N) is 1. The molecule has 0 aliphatic carbocycles. The van der Waals surface area contributed by atoms with Crippen molar-refractivity contribution in [2.24, 2.45) is 5.41 Å². The Morgan fingerprint density at radius 1 is 1.29 bits per heavy atom. The number of halogens is 3. The van der Waals surface area contributed by atoms with Gasteiger partial charge in [0.1, 0.15) is 11.3 Å². The SMILES string of the molecule is CC(C)c1ccc(Oc2c(Cl)nc(NCP(=O)(O)OCOC(=O)C(C)(C)C)c(F)c2Cl)c(O)c1. The highest BCUT2D eigenvalue weighted by Crippen LogP contribution is 2.44. The number of nitrogens with zero attached hydrogens (tertiary/aromatic N) is 1. The molecule has 1 unspecified atom stereocenters. The van der Waals surface area contributed by atoms with Crippen molar-refractivity contribution in [3.05, 3.63) is 39.8 Å². The van der Waals surface area contributed by atoms with Crippen LogP contribution in [0, 0.1) is 11.2 Å². The quantitative estimate of drug-likeness (QED) is 0.146. The normalized spacial score (nSPS) is 13.5. The zero-order chi connectivity index (χ0) is 25.8. The molecule has 0 aliphatic heterocycles. The summed E-state index contributed by atoms with van der Waals surface area (Å²) in [4.78, 5) is 25.3. The Bertz CT molecular complexity index is 1110. The lowest BCUT2D eigenvalue weighted by Crippen LogP contribution is -2.24. The number of benzene rings is 1. The summed E-state index contributed by atoms with van der Waals surface area (Å²) in [6, 6.07) is 4.70. The van der Waals surface area contributed by atoms with E-state index in [1.165, 1.54) is 12.1 Å². The Kier molecular flexibility index (Phi) is 9.18. The summed E-state index contributed by atoms with van der Waals surface area (Å²) >= 11 is 12.1. The van der Waals surface area contributed by atoms with Gasteiger partial charge in [-0.1, -0.05) is 43.1 Å². The van der Waals surface area contributed by atoms with Gasteiger partial charge >= 0.3 is 13.6 Å². The number of esters is 1. The van der Waals surface area contributed by atoms with Crippen molar-refractivity contribution in [1.29, 1.82) is 0 Å². The molecular formula is C21H26Cl2FN2O7P. The predicted molar refractivity (Wildman–Crippen MR) is 126 cm³/mol. The first-order valence-corrected chi connectivity index (χ1v) is 12.6. The van der Waals surface area contributed by atoms with Crippen LogP contribution in [0.2, 0.25) is 10.2 Å². The molecule has 2 rings (SSSR count). The fourth-order valence-corrected chi connectivity index (χ4v) is 3.53. The van der Waals surface area contributed by atoms with Crippen molar-refractivity contribution >= 4 is 42.6 Å². The molecule has 0 spiro atoms. The number of ether oxygens (including phenoxy) is 2. The summed E-state index contributed by atoms with van der Waals surface area (Å²) in [6.45, 7) is 7.94. The van der Waals surface area contributed by atoms with Crippen molar-refractivity contribution in [2.75, 3.05) is 18.4 Å². The van der Waals surface area contributed by atoms with Crippen molar-refractivity contribution in [1.82, 2.24) is 4.98 Å². The summed E-state index contributed by atoms with van der Waals surface area (Å²) < 4.78 is 41.8. The largest absolute Gasteiger partial charge is 0.504 e. The minimum atomic E-state index is -4.35. The third kappa shape index (κ3) is 7.45. The van der Waals surface area contributed by atoms with E-state index in [0.717, 1.165) is 5.56 Å². The van der Waals surface area contributed by atoms with Gasteiger partial charge in [0.25, 0.3) is 0 Å². The maximum absolute atomic E-state index is 14.7. The summed E-state index contributed by atoms with van der Waals surface area (Å²) in [7, 11) is -4.35. The second kappa shape index (κ2) is 11.1. The highest BCUT2D eigenvalue weighted by Gasteiger charge is 2.27. The third-order valence-corrected chi connectivity index (χ3v) is 6.02. The molecular weight excluding hydrogens is 513 g/mol. The van der Waals surface area contributed by atoms with Gasteiger partial charge in [-0.2, -0.15) is 0 Å². The number of rotatable bonds is 9. The Morgan fingerprint density at radius 2 is 1.94 bits per heavy atom. The second-order valence-corrected chi connectivity index (χ2v) is 11.2. The van der Waals surface area contributed by atoms with Crippen LogP contribution in [-0.2, 0) is 18.6 Å². The minimum Gasteiger partial charge on any atom is -0.504 e. The summed E-state index contributed by atoms with van der Waals surface area (Å²) in [6.07, 6.45) is -0.783. The Labute approximate surface area is 206 Å². The number of hydrogen-bond donors (Lipinski definition) is 3. The Morgan fingerprint density at radius 3 is 2.50 bits per heavy atom. The van der Waals surface area contributed by atoms with Gasteiger partial charge in [-0.3, -0.25) is 13.9 Å². The molecule has 0 aliphatic rings. The van der Waals surface area contributed by atoms with Crippen LogP contribution in [0.4, 0.5) is 10.2 Å². The van der Waals surface area contributed by atoms with E-state index in [9.17, 15) is 23.7 Å². The second-order valence-electron chi connectivity index (χ2n) is 8.59. The van der Waals surface area contributed by atoms with E-state index in [0.29, 0.717) is 0 Å². The molecule has 0 saturated carbocycles. The van der Waals surface area contributed by atoms with E-state index in [4.69, 9.17) is 37.2 Å². The van der Waals surface area contributed by atoms with Gasteiger partial charge in [-0.25, -0.2) is 9.37 Å². The lowest BCUT2D eigenvalue weighted by atomic mass is 9.98. The fraction of sp³-hybridized carbons (Fsp3) is 0.429. The predicted octanol–water partition coefficient (Wildman–Crippen LogP) is 6.27. The molecule has 0 fully saturated rings. The van der Waals surface area contributed by atoms with E-state index >= 15 is 0 Å². The fourth-order valence-electron chi connectivity index (χ4n) is 2.39. The minimum absolute atomic E-state index is 0.0202. The van der Waals surface area contributed by atoms with E-state index in [-0.39, 0.29) is 28.3 Å². The number of phenolic OH excluding ortho intramolecular Hbond substituents is 1. The molecule has 13 heteroatoms. The zero-order valence-corrected chi connectivity index (χ0v) is 21.6. The van der Waals surface area contributed by atoms with Crippen LogP contribution < -0.4 is 10.1 Å². The third-order valence-electron chi connectivity index (χ3n) is 4.36. The number of anilines is 1. The molecule has 0 saturated heterocycles. The number of phenols is 1. The van der Waals surface area contributed by atoms with Crippen molar-refractivity contribution in [2.45, 2.75) is 40.5 Å².